The molecule has 2 N–H and O–H groups in total. The van der Waals surface area contributed by atoms with Crippen LogP contribution in [0.4, 0.5) is 11.5 Å². The fourth-order valence-corrected chi connectivity index (χ4v) is 1.09. The first kappa shape index (κ1) is 8.56. The molecule has 0 radical (unpaired) electrons. The van der Waals surface area contributed by atoms with E-state index in [2.05, 4.69) is 15.8 Å². The van der Waals surface area contributed by atoms with Crippen LogP contribution in [0.5, 0.6) is 0 Å². The predicted molar refractivity (Wildman–Crippen MR) is 57.9 cm³/mol. The minimum Gasteiger partial charge on any atom is -0.300 e. The second-order valence-corrected chi connectivity index (χ2v) is 2.83. The van der Waals surface area contributed by atoms with Crippen LogP contribution in [0.15, 0.2) is 54.7 Å². The van der Waals surface area contributed by atoms with E-state index in [1.807, 2.05) is 48.5 Å². The molecule has 0 amide bonds. The van der Waals surface area contributed by atoms with Gasteiger partial charge < -0.3 is 0 Å². The molecule has 0 aliphatic carbocycles. The monoisotopic (exact) mass is 185 g/mol. The number of aromatic nitrogens is 1. The fourth-order valence-electron chi connectivity index (χ4n) is 1.09. The highest BCUT2D eigenvalue weighted by atomic mass is 15.4. The van der Waals surface area contributed by atoms with Crippen LogP contribution >= 0.6 is 0 Å². The summed E-state index contributed by atoms with van der Waals surface area (Å²) < 4.78 is 0. The predicted octanol–water partition coefficient (Wildman–Crippen LogP) is 2.52. The van der Waals surface area contributed by atoms with Crippen molar-refractivity contribution in [1.29, 1.82) is 0 Å². The highest BCUT2D eigenvalue weighted by molar-refractivity contribution is 5.48. The van der Waals surface area contributed by atoms with Gasteiger partial charge in [-0.25, -0.2) is 4.98 Å². The topological polar surface area (TPSA) is 37.0 Å². The number of rotatable bonds is 3. The third-order valence-electron chi connectivity index (χ3n) is 1.77. The summed E-state index contributed by atoms with van der Waals surface area (Å²) in [6.07, 6.45) is 1.75. The number of benzene rings is 1. The van der Waals surface area contributed by atoms with Crippen molar-refractivity contribution in [2.75, 3.05) is 10.9 Å². The van der Waals surface area contributed by atoms with Crippen molar-refractivity contribution in [3.8, 4) is 0 Å². The average molecular weight is 185 g/mol. The zero-order valence-electron chi connectivity index (χ0n) is 7.64. The standard InChI is InChI=1S/C11H11N3/c1-2-6-10(7-3-1)13-14-11-8-4-5-9-12-11/h1-9,13H,(H,12,14). The van der Waals surface area contributed by atoms with E-state index in [1.54, 1.807) is 6.20 Å². The molecular weight excluding hydrogens is 174 g/mol. The van der Waals surface area contributed by atoms with Crippen LogP contribution in [0, 0.1) is 0 Å². The van der Waals surface area contributed by atoms with Crippen molar-refractivity contribution < 1.29 is 0 Å². The second kappa shape index (κ2) is 4.28. The molecule has 0 saturated carbocycles. The molecule has 3 heteroatoms. The van der Waals surface area contributed by atoms with E-state index in [0.717, 1.165) is 11.5 Å². The molecule has 0 unspecified atom stereocenters. The Morgan fingerprint density at radius 1 is 0.786 bits per heavy atom. The molecule has 0 aliphatic rings. The first-order chi connectivity index (χ1) is 6.95. The molecule has 0 fully saturated rings. The largest absolute Gasteiger partial charge is 0.300 e. The van der Waals surface area contributed by atoms with Gasteiger partial charge in [-0.05, 0) is 24.3 Å². The number of nitrogens with one attached hydrogen (secondary N) is 2. The third-order valence-corrected chi connectivity index (χ3v) is 1.77. The summed E-state index contributed by atoms with van der Waals surface area (Å²) in [7, 11) is 0. The van der Waals surface area contributed by atoms with Gasteiger partial charge in [0.15, 0.2) is 0 Å². The van der Waals surface area contributed by atoms with E-state index in [1.165, 1.54) is 0 Å². The van der Waals surface area contributed by atoms with E-state index < -0.39 is 0 Å². The Morgan fingerprint density at radius 2 is 1.57 bits per heavy atom. The molecule has 0 spiro atoms. The number of anilines is 2. The summed E-state index contributed by atoms with van der Waals surface area (Å²) >= 11 is 0. The fraction of sp³-hybridized carbons (Fsp3) is 0. The van der Waals surface area contributed by atoms with Gasteiger partial charge in [0.05, 0.1) is 5.69 Å². The van der Waals surface area contributed by atoms with Crippen LogP contribution in [0.1, 0.15) is 0 Å². The molecule has 0 aliphatic heterocycles. The lowest BCUT2D eigenvalue weighted by Gasteiger charge is -2.07. The Balaban J connectivity index is 1.96. The highest BCUT2D eigenvalue weighted by Gasteiger charge is 1.89. The molecule has 70 valence electrons. The molecular formula is C11H11N3. The SMILES string of the molecule is c1ccc(NNc2ccccn2)cc1. The van der Waals surface area contributed by atoms with E-state index in [-0.39, 0.29) is 0 Å². The Bertz CT molecular complexity index is 333. The smallest absolute Gasteiger partial charge is 0.144 e. The van der Waals surface area contributed by atoms with Crippen molar-refractivity contribution in [2.45, 2.75) is 0 Å². The molecule has 0 atom stereocenters. The molecule has 0 saturated heterocycles. The zero-order chi connectivity index (χ0) is 9.64. The van der Waals surface area contributed by atoms with Crippen LogP contribution in [0.2, 0.25) is 0 Å². The van der Waals surface area contributed by atoms with Gasteiger partial charge >= 0.3 is 0 Å². The van der Waals surface area contributed by atoms with Gasteiger partial charge in [-0.15, -0.1) is 0 Å². The maximum absolute atomic E-state index is 4.12. The zero-order valence-corrected chi connectivity index (χ0v) is 7.64. The van der Waals surface area contributed by atoms with Crippen LogP contribution in [-0.4, -0.2) is 4.98 Å². The second-order valence-electron chi connectivity index (χ2n) is 2.83. The van der Waals surface area contributed by atoms with Crippen LogP contribution in [0.25, 0.3) is 0 Å². The molecule has 1 aromatic heterocycles. The number of hydrazine groups is 1. The molecule has 2 aromatic rings. The van der Waals surface area contributed by atoms with E-state index in [4.69, 9.17) is 0 Å². The van der Waals surface area contributed by atoms with Crippen LogP contribution in [0.3, 0.4) is 0 Å². The Morgan fingerprint density at radius 3 is 2.29 bits per heavy atom. The number of hydrogen-bond acceptors (Lipinski definition) is 3. The quantitative estimate of drug-likeness (QED) is 0.721. The summed E-state index contributed by atoms with van der Waals surface area (Å²) in [5.74, 6) is 0.802. The van der Waals surface area contributed by atoms with Gasteiger partial charge in [0.25, 0.3) is 0 Å². The number of hydrogen-bond donors (Lipinski definition) is 2. The summed E-state index contributed by atoms with van der Waals surface area (Å²) in [4.78, 5) is 4.12. The van der Waals surface area contributed by atoms with E-state index in [9.17, 15) is 0 Å². The molecule has 3 nitrogen and oxygen atoms in total. The van der Waals surface area contributed by atoms with Crippen molar-refractivity contribution in [1.82, 2.24) is 4.98 Å². The van der Waals surface area contributed by atoms with Gasteiger partial charge in [0.2, 0.25) is 0 Å². The number of pyridine rings is 1. The first-order valence-electron chi connectivity index (χ1n) is 4.43. The summed E-state index contributed by atoms with van der Waals surface area (Å²) in [6.45, 7) is 0. The van der Waals surface area contributed by atoms with Crippen molar-refractivity contribution in [3.63, 3.8) is 0 Å². The minimum atomic E-state index is 0.802. The molecule has 2 rings (SSSR count). The third kappa shape index (κ3) is 2.23. The van der Waals surface area contributed by atoms with Gasteiger partial charge in [-0.3, -0.25) is 10.9 Å². The maximum Gasteiger partial charge on any atom is 0.144 e. The Hall–Kier alpha value is -2.03. The lowest BCUT2D eigenvalue weighted by molar-refractivity contribution is 1.27. The van der Waals surface area contributed by atoms with E-state index in [0.29, 0.717) is 0 Å². The van der Waals surface area contributed by atoms with E-state index >= 15 is 0 Å². The normalized spacial score (nSPS) is 9.43. The average Bonchev–Trinajstić information content (AvgIpc) is 2.29. The number of para-hydroxylation sites is 1. The minimum absolute atomic E-state index is 0.802. The first-order valence-corrected chi connectivity index (χ1v) is 4.43. The molecule has 1 heterocycles. The lowest BCUT2D eigenvalue weighted by Crippen LogP contribution is -2.09. The highest BCUT2D eigenvalue weighted by Crippen LogP contribution is 2.06. The Labute approximate surface area is 82.8 Å². The van der Waals surface area contributed by atoms with Crippen LogP contribution in [-0.2, 0) is 0 Å². The number of nitrogens with zero attached hydrogens (tertiary/aromatic N) is 1. The summed E-state index contributed by atoms with van der Waals surface area (Å²) in [6, 6.07) is 15.6. The van der Waals surface area contributed by atoms with Crippen molar-refractivity contribution >= 4 is 11.5 Å². The van der Waals surface area contributed by atoms with Crippen molar-refractivity contribution in [2.24, 2.45) is 0 Å². The molecule has 14 heavy (non-hydrogen) atoms. The van der Waals surface area contributed by atoms with Gasteiger partial charge in [0, 0.05) is 6.20 Å². The summed E-state index contributed by atoms with van der Waals surface area (Å²) in [5.41, 5.74) is 7.06. The maximum atomic E-state index is 4.12. The van der Waals surface area contributed by atoms with Gasteiger partial charge in [-0.2, -0.15) is 0 Å². The Kier molecular flexibility index (Phi) is 2.62. The lowest BCUT2D eigenvalue weighted by atomic mass is 10.3. The van der Waals surface area contributed by atoms with Gasteiger partial charge in [0.1, 0.15) is 5.82 Å². The molecule has 1 aromatic carbocycles. The molecule has 0 bridgehead atoms. The van der Waals surface area contributed by atoms with Gasteiger partial charge in [-0.1, -0.05) is 24.3 Å². The summed E-state index contributed by atoms with van der Waals surface area (Å²) in [5, 5.41) is 0. The van der Waals surface area contributed by atoms with Crippen LogP contribution < -0.4 is 10.9 Å². The van der Waals surface area contributed by atoms with Crippen molar-refractivity contribution in [3.05, 3.63) is 54.7 Å².